The quantitative estimate of drug-likeness (QED) is 0.467. The predicted molar refractivity (Wildman–Crippen MR) is 141 cm³/mol. The Morgan fingerprint density at radius 2 is 1.74 bits per heavy atom. The van der Waals surface area contributed by atoms with Crippen LogP contribution in [0.25, 0.3) is 21.7 Å². The van der Waals surface area contributed by atoms with Gasteiger partial charge in [0.2, 0.25) is 0 Å². The molecule has 1 aliphatic heterocycles. The van der Waals surface area contributed by atoms with E-state index < -0.39 is 0 Å². The van der Waals surface area contributed by atoms with Gasteiger partial charge in [0.05, 0.1) is 22.6 Å². The molecule has 7 heteroatoms. The molecule has 0 saturated carbocycles. The second kappa shape index (κ2) is 9.50. The summed E-state index contributed by atoms with van der Waals surface area (Å²) >= 11 is 0. The summed E-state index contributed by atoms with van der Waals surface area (Å²) in [5, 5.41) is 5.89. The van der Waals surface area contributed by atoms with Gasteiger partial charge in [-0.25, -0.2) is 9.78 Å². The lowest BCUT2D eigenvalue weighted by Gasteiger charge is -2.43. The maximum Gasteiger partial charge on any atom is 0.322 e. The highest BCUT2D eigenvalue weighted by Crippen LogP contribution is 2.27. The Hall–Kier alpha value is -3.71. The SMILES string of the molecule is CCC(c1nc2ccccc2c(=O)n1C)N1CCN(C(=O)Nc2cccc3ccccc23)C(C)C1. The second-order valence-electron chi connectivity index (χ2n) is 9.27. The molecular weight excluding hydrogens is 438 g/mol. The van der Waals surface area contributed by atoms with Gasteiger partial charge in [-0.15, -0.1) is 0 Å². The zero-order valence-corrected chi connectivity index (χ0v) is 20.4. The third kappa shape index (κ3) is 4.28. The van der Waals surface area contributed by atoms with Crippen LogP contribution in [0.15, 0.2) is 71.5 Å². The molecule has 1 saturated heterocycles. The van der Waals surface area contributed by atoms with Gasteiger partial charge >= 0.3 is 6.03 Å². The van der Waals surface area contributed by atoms with Crippen LogP contribution in [-0.4, -0.2) is 51.1 Å². The van der Waals surface area contributed by atoms with Crippen LogP contribution < -0.4 is 10.9 Å². The van der Waals surface area contributed by atoms with Gasteiger partial charge in [-0.1, -0.05) is 55.5 Å². The highest BCUT2D eigenvalue weighted by molar-refractivity contribution is 6.01. The number of para-hydroxylation sites is 1. The zero-order chi connectivity index (χ0) is 24.5. The summed E-state index contributed by atoms with van der Waals surface area (Å²) in [6.07, 6.45) is 0.827. The molecule has 180 valence electrons. The van der Waals surface area contributed by atoms with Gasteiger partial charge in [-0.2, -0.15) is 0 Å². The van der Waals surface area contributed by atoms with E-state index in [9.17, 15) is 9.59 Å². The van der Waals surface area contributed by atoms with Crippen molar-refractivity contribution >= 4 is 33.4 Å². The molecule has 1 aliphatic rings. The number of hydrogen-bond donors (Lipinski definition) is 1. The fourth-order valence-corrected chi connectivity index (χ4v) is 5.23. The van der Waals surface area contributed by atoms with Crippen LogP contribution in [0.3, 0.4) is 0 Å². The molecule has 0 spiro atoms. The summed E-state index contributed by atoms with van der Waals surface area (Å²) in [6, 6.07) is 21.4. The molecule has 4 aromatic rings. The largest absolute Gasteiger partial charge is 0.322 e. The minimum Gasteiger partial charge on any atom is -0.319 e. The summed E-state index contributed by atoms with van der Waals surface area (Å²) in [6.45, 7) is 6.24. The van der Waals surface area contributed by atoms with Crippen molar-refractivity contribution in [3.8, 4) is 0 Å². The number of benzene rings is 3. The number of aromatic nitrogens is 2. The van der Waals surface area contributed by atoms with E-state index in [2.05, 4.69) is 24.1 Å². The lowest BCUT2D eigenvalue weighted by atomic mass is 10.1. The number of nitrogens with zero attached hydrogens (tertiary/aromatic N) is 4. The van der Waals surface area contributed by atoms with Gasteiger partial charge in [0.15, 0.2) is 0 Å². The molecule has 2 heterocycles. The first kappa shape index (κ1) is 23.1. The number of amides is 2. The van der Waals surface area contributed by atoms with Crippen molar-refractivity contribution in [2.24, 2.45) is 7.05 Å². The van der Waals surface area contributed by atoms with Gasteiger partial charge in [0, 0.05) is 38.1 Å². The van der Waals surface area contributed by atoms with E-state index >= 15 is 0 Å². The molecule has 1 N–H and O–H groups in total. The van der Waals surface area contributed by atoms with E-state index in [1.54, 1.807) is 11.6 Å². The maximum absolute atomic E-state index is 13.2. The number of carbonyl (C=O) groups is 1. The molecule has 0 bridgehead atoms. The molecule has 35 heavy (non-hydrogen) atoms. The summed E-state index contributed by atoms with van der Waals surface area (Å²) in [7, 11) is 1.80. The van der Waals surface area contributed by atoms with E-state index in [0.717, 1.165) is 34.2 Å². The van der Waals surface area contributed by atoms with E-state index in [0.29, 0.717) is 25.0 Å². The number of anilines is 1. The average Bonchev–Trinajstić information content (AvgIpc) is 2.87. The first-order chi connectivity index (χ1) is 17.0. The Balaban J connectivity index is 1.34. The molecule has 2 amide bonds. The van der Waals surface area contributed by atoms with Crippen LogP contribution in [0.2, 0.25) is 0 Å². The Kier molecular flexibility index (Phi) is 6.26. The molecule has 1 fully saturated rings. The Morgan fingerprint density at radius 3 is 2.51 bits per heavy atom. The van der Waals surface area contributed by atoms with Crippen molar-refractivity contribution in [2.75, 3.05) is 25.0 Å². The van der Waals surface area contributed by atoms with Gasteiger partial charge in [0.1, 0.15) is 5.82 Å². The predicted octanol–water partition coefficient (Wildman–Crippen LogP) is 4.78. The van der Waals surface area contributed by atoms with E-state index in [1.807, 2.05) is 71.6 Å². The van der Waals surface area contributed by atoms with Crippen LogP contribution in [0, 0.1) is 0 Å². The van der Waals surface area contributed by atoms with Crippen molar-refractivity contribution in [2.45, 2.75) is 32.4 Å². The molecule has 0 aliphatic carbocycles. The Labute approximate surface area is 205 Å². The number of fused-ring (bicyclic) bond motifs is 2. The molecule has 3 aromatic carbocycles. The number of hydrogen-bond acceptors (Lipinski definition) is 4. The summed E-state index contributed by atoms with van der Waals surface area (Å²) in [5.74, 6) is 0.775. The van der Waals surface area contributed by atoms with Crippen LogP contribution in [-0.2, 0) is 7.05 Å². The third-order valence-electron chi connectivity index (χ3n) is 7.09. The molecule has 2 atom stereocenters. The normalized spacial score (nSPS) is 17.6. The van der Waals surface area contributed by atoms with Crippen molar-refractivity contribution in [3.05, 3.63) is 82.9 Å². The van der Waals surface area contributed by atoms with Crippen LogP contribution in [0.1, 0.15) is 32.1 Å². The van der Waals surface area contributed by atoms with Crippen molar-refractivity contribution in [1.82, 2.24) is 19.4 Å². The van der Waals surface area contributed by atoms with E-state index in [-0.39, 0.29) is 23.7 Å². The summed E-state index contributed by atoms with van der Waals surface area (Å²) in [5.41, 5.74) is 1.53. The number of nitrogens with one attached hydrogen (secondary N) is 1. The molecule has 5 rings (SSSR count). The first-order valence-electron chi connectivity index (χ1n) is 12.2. The number of carbonyl (C=O) groups excluding carboxylic acids is 1. The molecular formula is C28H31N5O2. The molecule has 0 radical (unpaired) electrons. The van der Waals surface area contributed by atoms with Crippen molar-refractivity contribution in [1.29, 1.82) is 0 Å². The van der Waals surface area contributed by atoms with Gasteiger partial charge in [-0.3, -0.25) is 14.3 Å². The van der Waals surface area contributed by atoms with Crippen molar-refractivity contribution < 1.29 is 4.79 Å². The van der Waals surface area contributed by atoms with Gasteiger partial charge in [0.25, 0.3) is 5.56 Å². The Bertz CT molecular complexity index is 1440. The highest BCUT2D eigenvalue weighted by Gasteiger charge is 2.33. The Morgan fingerprint density at radius 1 is 1.03 bits per heavy atom. The minimum atomic E-state index is -0.0854. The third-order valence-corrected chi connectivity index (χ3v) is 7.09. The van der Waals surface area contributed by atoms with Crippen LogP contribution in [0.4, 0.5) is 10.5 Å². The number of rotatable bonds is 4. The number of urea groups is 1. The second-order valence-corrected chi connectivity index (χ2v) is 9.27. The first-order valence-corrected chi connectivity index (χ1v) is 12.2. The fraction of sp³-hybridized carbons (Fsp3) is 0.321. The lowest BCUT2D eigenvalue weighted by Crippen LogP contribution is -2.56. The van der Waals surface area contributed by atoms with Crippen molar-refractivity contribution in [3.63, 3.8) is 0 Å². The highest BCUT2D eigenvalue weighted by atomic mass is 16.2. The van der Waals surface area contributed by atoms with Crippen LogP contribution in [0.5, 0.6) is 0 Å². The number of piperazine rings is 1. The van der Waals surface area contributed by atoms with Gasteiger partial charge in [-0.05, 0) is 36.9 Å². The average molecular weight is 470 g/mol. The summed E-state index contributed by atoms with van der Waals surface area (Å²) < 4.78 is 1.68. The fourth-order valence-electron chi connectivity index (χ4n) is 5.23. The molecule has 2 unspecified atom stereocenters. The monoisotopic (exact) mass is 469 g/mol. The zero-order valence-electron chi connectivity index (χ0n) is 20.4. The van der Waals surface area contributed by atoms with Crippen LogP contribution >= 0.6 is 0 Å². The summed E-state index contributed by atoms with van der Waals surface area (Å²) in [4.78, 5) is 35.3. The topological polar surface area (TPSA) is 70.5 Å². The minimum absolute atomic E-state index is 0.00281. The van der Waals surface area contributed by atoms with E-state index in [1.165, 1.54) is 0 Å². The molecule has 7 nitrogen and oxygen atoms in total. The lowest BCUT2D eigenvalue weighted by molar-refractivity contribution is 0.0721. The molecule has 1 aromatic heterocycles. The van der Waals surface area contributed by atoms with E-state index in [4.69, 9.17) is 4.98 Å². The standard InChI is InChI=1S/C28H31N5O2/c1-4-25(26-29-24-14-8-7-13-22(24)27(34)31(26)3)32-16-17-33(19(2)18-32)28(35)30-23-15-9-11-20-10-5-6-12-21(20)23/h5-15,19,25H,4,16-18H2,1-3H3,(H,30,35). The smallest absolute Gasteiger partial charge is 0.319 e. The van der Waals surface area contributed by atoms with Gasteiger partial charge < -0.3 is 10.2 Å². The maximum atomic E-state index is 13.2.